The summed E-state index contributed by atoms with van der Waals surface area (Å²) in [5, 5.41) is 11.8. The van der Waals surface area contributed by atoms with Crippen molar-refractivity contribution in [1.29, 1.82) is 5.26 Å². The fourth-order valence-electron chi connectivity index (χ4n) is 2.13. The van der Waals surface area contributed by atoms with E-state index in [-0.39, 0.29) is 18.6 Å². The fourth-order valence-corrected chi connectivity index (χ4v) is 2.13. The largest absolute Gasteiger partial charge is 0.372 e. The number of ether oxygens (including phenoxy) is 1. The van der Waals surface area contributed by atoms with Crippen molar-refractivity contribution < 1.29 is 9.53 Å². The van der Waals surface area contributed by atoms with Gasteiger partial charge in [0.25, 0.3) is 0 Å². The first-order valence-corrected chi connectivity index (χ1v) is 6.04. The van der Waals surface area contributed by atoms with Crippen molar-refractivity contribution >= 4 is 5.91 Å². The summed E-state index contributed by atoms with van der Waals surface area (Å²) in [7, 11) is 0. The number of hydrogen-bond acceptors (Lipinski definition) is 3. The summed E-state index contributed by atoms with van der Waals surface area (Å²) >= 11 is 0. The summed E-state index contributed by atoms with van der Waals surface area (Å²) < 4.78 is 5.01. The molecule has 1 atom stereocenters. The molecule has 1 N–H and O–H groups in total. The van der Waals surface area contributed by atoms with Crippen LogP contribution in [0.1, 0.15) is 39.0 Å². The van der Waals surface area contributed by atoms with Crippen molar-refractivity contribution in [2.45, 2.75) is 45.1 Å². The van der Waals surface area contributed by atoms with Crippen LogP contribution in [0, 0.1) is 17.2 Å². The summed E-state index contributed by atoms with van der Waals surface area (Å²) in [5.74, 6) is 0.142. The lowest BCUT2D eigenvalue weighted by molar-refractivity contribution is -0.126. The molecule has 0 aromatic rings. The number of nitrogens with zero attached hydrogens (tertiary/aromatic N) is 1. The molecule has 0 radical (unpaired) electrons. The van der Waals surface area contributed by atoms with Crippen molar-refractivity contribution in [2.24, 2.45) is 5.92 Å². The molecule has 0 saturated heterocycles. The van der Waals surface area contributed by atoms with E-state index < -0.39 is 0 Å². The molecular formula is C12H20N2O2. The van der Waals surface area contributed by atoms with Gasteiger partial charge in [0.2, 0.25) is 5.91 Å². The molecule has 1 aliphatic carbocycles. The van der Waals surface area contributed by atoms with Gasteiger partial charge in [0.05, 0.1) is 6.07 Å². The van der Waals surface area contributed by atoms with Gasteiger partial charge in [-0.15, -0.1) is 0 Å². The Labute approximate surface area is 97.0 Å². The molecule has 0 bridgehead atoms. The van der Waals surface area contributed by atoms with Gasteiger partial charge < -0.3 is 10.1 Å². The minimum absolute atomic E-state index is 0.0569. The van der Waals surface area contributed by atoms with E-state index in [2.05, 4.69) is 11.4 Å². The van der Waals surface area contributed by atoms with E-state index in [4.69, 9.17) is 10.00 Å². The number of nitrogens with one attached hydrogen (secondary N) is 1. The molecule has 4 heteroatoms. The highest BCUT2D eigenvalue weighted by Crippen LogP contribution is 2.26. The maximum atomic E-state index is 11.4. The van der Waals surface area contributed by atoms with Gasteiger partial charge in [-0.2, -0.15) is 5.26 Å². The quantitative estimate of drug-likeness (QED) is 0.771. The SMILES string of the molecule is CCOCC(=O)NC(C#N)C1CCCCC1. The van der Waals surface area contributed by atoms with Crippen LogP contribution < -0.4 is 5.32 Å². The summed E-state index contributed by atoms with van der Waals surface area (Å²) in [5.41, 5.74) is 0. The van der Waals surface area contributed by atoms with Crippen molar-refractivity contribution in [3.8, 4) is 6.07 Å². The van der Waals surface area contributed by atoms with Crippen LogP contribution in [-0.4, -0.2) is 25.2 Å². The Hall–Kier alpha value is -1.08. The van der Waals surface area contributed by atoms with E-state index in [1.165, 1.54) is 19.3 Å². The lowest BCUT2D eigenvalue weighted by Gasteiger charge is -2.26. The van der Waals surface area contributed by atoms with Crippen LogP contribution >= 0.6 is 0 Å². The average molecular weight is 224 g/mol. The summed E-state index contributed by atoms with van der Waals surface area (Å²) in [6, 6.07) is 1.85. The van der Waals surface area contributed by atoms with Crippen LogP contribution in [0.4, 0.5) is 0 Å². The van der Waals surface area contributed by atoms with E-state index in [9.17, 15) is 4.79 Å². The number of rotatable bonds is 5. The Morgan fingerprint density at radius 2 is 2.19 bits per heavy atom. The number of hydrogen-bond donors (Lipinski definition) is 1. The molecule has 1 amide bonds. The molecule has 1 saturated carbocycles. The van der Waals surface area contributed by atoms with Crippen LogP contribution in [0.25, 0.3) is 0 Å². The zero-order chi connectivity index (χ0) is 11.8. The molecule has 1 rings (SSSR count). The van der Waals surface area contributed by atoms with Gasteiger partial charge in [0, 0.05) is 6.61 Å². The molecule has 90 valence electrons. The van der Waals surface area contributed by atoms with E-state index in [1.54, 1.807) is 0 Å². The van der Waals surface area contributed by atoms with Gasteiger partial charge in [-0.25, -0.2) is 0 Å². The fraction of sp³-hybridized carbons (Fsp3) is 0.833. The number of carbonyl (C=O) groups is 1. The van der Waals surface area contributed by atoms with Crippen LogP contribution in [0.5, 0.6) is 0 Å². The molecule has 0 aliphatic heterocycles. The minimum atomic E-state index is -0.340. The standard InChI is InChI=1S/C12H20N2O2/c1-2-16-9-12(15)14-11(8-13)10-6-4-3-5-7-10/h10-11H,2-7,9H2,1H3,(H,14,15). The molecule has 16 heavy (non-hydrogen) atoms. The predicted octanol–water partition coefficient (Wildman–Crippen LogP) is 1.61. The van der Waals surface area contributed by atoms with Crippen molar-refractivity contribution in [2.75, 3.05) is 13.2 Å². The molecule has 0 aromatic carbocycles. The van der Waals surface area contributed by atoms with Gasteiger partial charge in [-0.05, 0) is 25.7 Å². The molecule has 4 nitrogen and oxygen atoms in total. The summed E-state index contributed by atoms with van der Waals surface area (Å²) in [6.07, 6.45) is 5.69. The maximum absolute atomic E-state index is 11.4. The summed E-state index contributed by atoms with van der Waals surface area (Å²) in [4.78, 5) is 11.4. The predicted molar refractivity (Wildman–Crippen MR) is 60.6 cm³/mol. The monoisotopic (exact) mass is 224 g/mol. The first-order valence-electron chi connectivity index (χ1n) is 6.04. The minimum Gasteiger partial charge on any atom is -0.372 e. The highest BCUT2D eigenvalue weighted by Gasteiger charge is 2.24. The van der Waals surface area contributed by atoms with Gasteiger partial charge in [0.1, 0.15) is 12.6 Å². The number of carbonyl (C=O) groups excluding carboxylic acids is 1. The van der Waals surface area contributed by atoms with Crippen LogP contribution in [0.2, 0.25) is 0 Å². The van der Waals surface area contributed by atoms with Crippen LogP contribution in [0.3, 0.4) is 0 Å². The second-order valence-corrected chi connectivity index (χ2v) is 4.21. The average Bonchev–Trinajstić information content (AvgIpc) is 2.34. The molecule has 1 aliphatic rings. The molecule has 1 unspecified atom stereocenters. The van der Waals surface area contributed by atoms with E-state index in [0.29, 0.717) is 12.5 Å². The summed E-state index contributed by atoms with van der Waals surface area (Å²) in [6.45, 7) is 2.42. The third kappa shape index (κ3) is 4.19. The lowest BCUT2D eigenvalue weighted by atomic mass is 9.84. The second kappa shape index (κ2) is 7.24. The van der Waals surface area contributed by atoms with Gasteiger partial charge in [0.15, 0.2) is 0 Å². The smallest absolute Gasteiger partial charge is 0.247 e. The van der Waals surface area contributed by atoms with Gasteiger partial charge in [-0.1, -0.05) is 19.3 Å². The third-order valence-electron chi connectivity index (χ3n) is 3.01. The molecule has 0 spiro atoms. The Kier molecular flexibility index (Phi) is 5.87. The Bertz CT molecular complexity index is 254. The van der Waals surface area contributed by atoms with Crippen LogP contribution in [-0.2, 0) is 9.53 Å². The van der Waals surface area contributed by atoms with E-state index >= 15 is 0 Å². The van der Waals surface area contributed by atoms with Gasteiger partial charge in [-0.3, -0.25) is 4.79 Å². The highest BCUT2D eigenvalue weighted by molar-refractivity contribution is 5.77. The Morgan fingerprint density at radius 3 is 2.75 bits per heavy atom. The third-order valence-corrected chi connectivity index (χ3v) is 3.01. The van der Waals surface area contributed by atoms with Crippen molar-refractivity contribution in [3.63, 3.8) is 0 Å². The zero-order valence-corrected chi connectivity index (χ0v) is 9.87. The normalized spacial score (nSPS) is 18.8. The molecule has 0 heterocycles. The zero-order valence-electron chi connectivity index (χ0n) is 9.87. The Morgan fingerprint density at radius 1 is 1.50 bits per heavy atom. The van der Waals surface area contributed by atoms with Crippen molar-refractivity contribution in [1.82, 2.24) is 5.32 Å². The van der Waals surface area contributed by atoms with Crippen LogP contribution in [0.15, 0.2) is 0 Å². The second-order valence-electron chi connectivity index (χ2n) is 4.21. The first-order chi connectivity index (χ1) is 7.77. The number of amides is 1. The molecule has 0 aromatic heterocycles. The number of nitriles is 1. The van der Waals surface area contributed by atoms with E-state index in [0.717, 1.165) is 12.8 Å². The topological polar surface area (TPSA) is 62.1 Å². The van der Waals surface area contributed by atoms with E-state index in [1.807, 2.05) is 6.92 Å². The lowest BCUT2D eigenvalue weighted by Crippen LogP contribution is -2.41. The molecular weight excluding hydrogens is 204 g/mol. The van der Waals surface area contributed by atoms with Gasteiger partial charge >= 0.3 is 0 Å². The first kappa shape index (κ1) is 13.0. The molecule has 1 fully saturated rings. The highest BCUT2D eigenvalue weighted by atomic mass is 16.5. The maximum Gasteiger partial charge on any atom is 0.247 e. The van der Waals surface area contributed by atoms with Crippen molar-refractivity contribution in [3.05, 3.63) is 0 Å². The Balaban J connectivity index is 2.36.